The zero-order valence-electron chi connectivity index (χ0n) is 20.0. The van der Waals surface area contributed by atoms with Gasteiger partial charge < -0.3 is 10.0 Å². The summed E-state index contributed by atoms with van der Waals surface area (Å²) in [6.07, 6.45) is 5.10. The van der Waals surface area contributed by atoms with Crippen LogP contribution in [-0.4, -0.2) is 59.9 Å². The van der Waals surface area contributed by atoms with Crippen LogP contribution >= 0.6 is 0 Å². The topological polar surface area (TPSA) is 60.9 Å². The number of carboxylic acid groups (broad SMARTS) is 1. The van der Waals surface area contributed by atoms with E-state index in [0.29, 0.717) is 5.57 Å². The number of aliphatic carboxylic acids is 1. The van der Waals surface area contributed by atoms with Crippen LogP contribution in [0.15, 0.2) is 60.2 Å². The molecule has 1 fully saturated rings. The molecule has 2 aromatic rings. The number of piperazine rings is 1. The molecular formula is C28H34N2O3. The van der Waals surface area contributed by atoms with Crippen LogP contribution in [0, 0.1) is 5.41 Å². The van der Waals surface area contributed by atoms with Gasteiger partial charge in [-0.25, -0.2) is 4.79 Å². The number of hydrogen-bond donors (Lipinski definition) is 1. The highest BCUT2D eigenvalue weighted by molar-refractivity contribution is 6.07. The fourth-order valence-electron chi connectivity index (χ4n) is 3.93. The lowest BCUT2D eigenvalue weighted by atomic mass is 9.85. The van der Waals surface area contributed by atoms with Crippen LogP contribution < -0.4 is 0 Å². The second-order valence-electron chi connectivity index (χ2n) is 9.72. The van der Waals surface area contributed by atoms with E-state index >= 15 is 0 Å². The van der Waals surface area contributed by atoms with Crippen molar-refractivity contribution in [3.8, 4) is 0 Å². The van der Waals surface area contributed by atoms with E-state index in [1.54, 1.807) is 18.2 Å². The van der Waals surface area contributed by atoms with Crippen LogP contribution in [0.2, 0.25) is 0 Å². The number of hydrogen-bond acceptors (Lipinski definition) is 4. The summed E-state index contributed by atoms with van der Waals surface area (Å²) in [5.74, 6) is -0.947. The standard InChI is InChI=1S/C28H34N2O3/c1-28(2,3)25(27(32)33)19-22-9-7-8-21(18-22)12-13-26(31)24-11-6-5-10-23(24)20-30-16-14-29(4)15-17-30/h5-13,18-19H,14-17,20H2,1-4H3,(H,32,33)/b13-12+,25-19+. The highest BCUT2D eigenvalue weighted by Gasteiger charge is 2.23. The summed E-state index contributed by atoms with van der Waals surface area (Å²) in [5.41, 5.74) is 3.30. The van der Waals surface area contributed by atoms with Gasteiger partial charge in [0.05, 0.1) is 0 Å². The molecule has 2 aromatic carbocycles. The lowest BCUT2D eigenvalue weighted by Crippen LogP contribution is -2.44. The molecule has 0 unspecified atom stereocenters. The Balaban J connectivity index is 1.77. The number of rotatable bonds is 7. The minimum absolute atomic E-state index is 0.0263. The van der Waals surface area contributed by atoms with Crippen molar-refractivity contribution >= 4 is 23.9 Å². The van der Waals surface area contributed by atoms with E-state index in [2.05, 4.69) is 16.8 Å². The van der Waals surface area contributed by atoms with Gasteiger partial charge in [-0.15, -0.1) is 0 Å². The number of carbonyl (C=O) groups excluding carboxylic acids is 1. The van der Waals surface area contributed by atoms with Crippen molar-refractivity contribution in [2.24, 2.45) is 5.41 Å². The van der Waals surface area contributed by atoms with Crippen LogP contribution in [0.5, 0.6) is 0 Å². The number of benzene rings is 2. The van der Waals surface area contributed by atoms with Crippen molar-refractivity contribution in [1.82, 2.24) is 9.80 Å². The maximum Gasteiger partial charge on any atom is 0.332 e. The third-order valence-corrected chi connectivity index (χ3v) is 5.96. The first-order valence-electron chi connectivity index (χ1n) is 11.4. The molecule has 1 saturated heterocycles. The molecular weight excluding hydrogens is 412 g/mol. The smallest absolute Gasteiger partial charge is 0.332 e. The van der Waals surface area contributed by atoms with Gasteiger partial charge in [0.1, 0.15) is 0 Å². The summed E-state index contributed by atoms with van der Waals surface area (Å²) in [7, 11) is 2.13. The van der Waals surface area contributed by atoms with E-state index in [1.807, 2.05) is 69.3 Å². The van der Waals surface area contributed by atoms with Gasteiger partial charge >= 0.3 is 5.97 Å². The van der Waals surface area contributed by atoms with Crippen molar-refractivity contribution in [3.05, 3.63) is 82.4 Å². The molecule has 0 amide bonds. The first-order chi connectivity index (χ1) is 15.6. The predicted octanol–water partition coefficient (Wildman–Crippen LogP) is 4.84. The Morgan fingerprint density at radius 2 is 1.64 bits per heavy atom. The molecule has 0 saturated carbocycles. The first kappa shape index (κ1) is 24.6. The monoisotopic (exact) mass is 446 g/mol. The molecule has 3 rings (SSSR count). The van der Waals surface area contributed by atoms with Gasteiger partial charge in [-0.1, -0.05) is 69.3 Å². The third-order valence-electron chi connectivity index (χ3n) is 5.96. The molecule has 1 aliphatic rings. The van der Waals surface area contributed by atoms with Crippen LogP contribution in [0.4, 0.5) is 0 Å². The zero-order chi connectivity index (χ0) is 24.0. The molecule has 1 aliphatic heterocycles. The second-order valence-corrected chi connectivity index (χ2v) is 9.72. The third kappa shape index (κ3) is 6.98. The number of likely N-dealkylation sites (N-methyl/N-ethyl adjacent to an activating group) is 1. The summed E-state index contributed by atoms with van der Waals surface area (Å²) in [5, 5.41) is 9.57. The predicted molar refractivity (Wildman–Crippen MR) is 134 cm³/mol. The Labute approximate surface area is 197 Å². The molecule has 0 bridgehead atoms. The minimum atomic E-state index is -0.921. The van der Waals surface area contributed by atoms with E-state index in [9.17, 15) is 14.7 Å². The van der Waals surface area contributed by atoms with Gasteiger partial charge in [0.15, 0.2) is 5.78 Å². The van der Waals surface area contributed by atoms with E-state index in [-0.39, 0.29) is 5.78 Å². The van der Waals surface area contributed by atoms with E-state index in [1.165, 1.54) is 0 Å². The van der Waals surface area contributed by atoms with Gasteiger partial charge in [0.2, 0.25) is 0 Å². The van der Waals surface area contributed by atoms with Crippen molar-refractivity contribution in [3.63, 3.8) is 0 Å². The van der Waals surface area contributed by atoms with Gasteiger partial charge in [-0.2, -0.15) is 0 Å². The lowest BCUT2D eigenvalue weighted by molar-refractivity contribution is -0.133. The molecule has 0 aliphatic carbocycles. The Bertz CT molecular complexity index is 1050. The molecule has 33 heavy (non-hydrogen) atoms. The van der Waals surface area contributed by atoms with Gasteiger partial charge in [0, 0.05) is 43.9 Å². The van der Waals surface area contributed by atoms with Crippen LogP contribution in [-0.2, 0) is 11.3 Å². The van der Waals surface area contributed by atoms with Gasteiger partial charge in [-0.05, 0) is 47.4 Å². The summed E-state index contributed by atoms with van der Waals surface area (Å²) in [4.78, 5) is 29.4. The molecule has 0 aromatic heterocycles. The van der Waals surface area contributed by atoms with Crippen molar-refractivity contribution < 1.29 is 14.7 Å². The summed E-state index contributed by atoms with van der Waals surface area (Å²) < 4.78 is 0. The average Bonchev–Trinajstić information content (AvgIpc) is 2.77. The van der Waals surface area contributed by atoms with Crippen LogP contribution in [0.1, 0.15) is 47.8 Å². The molecule has 0 atom stereocenters. The highest BCUT2D eigenvalue weighted by atomic mass is 16.4. The summed E-state index contributed by atoms with van der Waals surface area (Å²) >= 11 is 0. The van der Waals surface area contributed by atoms with Crippen molar-refractivity contribution in [2.45, 2.75) is 27.3 Å². The highest BCUT2D eigenvalue weighted by Crippen LogP contribution is 2.27. The Kier molecular flexibility index (Phi) is 8.01. The summed E-state index contributed by atoms with van der Waals surface area (Å²) in [6, 6.07) is 15.4. The van der Waals surface area contributed by atoms with Gasteiger partial charge in [-0.3, -0.25) is 9.69 Å². The SMILES string of the molecule is CN1CCN(Cc2ccccc2C(=O)/C=C/c2cccc(/C=C(\C(=O)O)C(C)(C)C)c2)CC1. The zero-order valence-corrected chi connectivity index (χ0v) is 20.0. The Morgan fingerprint density at radius 3 is 2.30 bits per heavy atom. The molecule has 174 valence electrons. The number of allylic oxidation sites excluding steroid dienone is 1. The normalized spacial score (nSPS) is 16.3. The maximum atomic E-state index is 13.0. The minimum Gasteiger partial charge on any atom is -0.478 e. The first-order valence-corrected chi connectivity index (χ1v) is 11.4. The van der Waals surface area contributed by atoms with E-state index < -0.39 is 11.4 Å². The van der Waals surface area contributed by atoms with Crippen LogP contribution in [0.25, 0.3) is 12.2 Å². The van der Waals surface area contributed by atoms with Gasteiger partial charge in [0.25, 0.3) is 0 Å². The second kappa shape index (κ2) is 10.7. The Hall–Kier alpha value is -3.02. The average molecular weight is 447 g/mol. The van der Waals surface area contributed by atoms with E-state index in [4.69, 9.17) is 0 Å². The van der Waals surface area contributed by atoms with Crippen molar-refractivity contribution in [1.29, 1.82) is 0 Å². The number of nitrogens with zero attached hydrogens (tertiary/aromatic N) is 2. The molecule has 0 radical (unpaired) electrons. The molecule has 1 heterocycles. The van der Waals surface area contributed by atoms with Crippen molar-refractivity contribution in [2.75, 3.05) is 33.2 Å². The van der Waals surface area contributed by atoms with Crippen LogP contribution in [0.3, 0.4) is 0 Å². The Morgan fingerprint density at radius 1 is 0.970 bits per heavy atom. The number of carboxylic acids is 1. The largest absolute Gasteiger partial charge is 0.478 e. The quantitative estimate of drug-likeness (QED) is 0.487. The molecule has 5 heteroatoms. The number of ketones is 1. The fourth-order valence-corrected chi connectivity index (χ4v) is 3.93. The summed E-state index contributed by atoms with van der Waals surface area (Å²) in [6.45, 7) is 10.5. The number of carbonyl (C=O) groups is 2. The maximum absolute atomic E-state index is 13.0. The molecule has 1 N–H and O–H groups in total. The molecule has 5 nitrogen and oxygen atoms in total. The lowest BCUT2D eigenvalue weighted by Gasteiger charge is -2.32. The molecule has 0 spiro atoms. The fraction of sp³-hybridized carbons (Fsp3) is 0.357. The van der Waals surface area contributed by atoms with E-state index in [0.717, 1.165) is 55.0 Å².